The van der Waals surface area contributed by atoms with Crippen LogP contribution in [0.2, 0.25) is 0 Å². The summed E-state index contributed by atoms with van der Waals surface area (Å²) in [6.45, 7) is 0. The maximum Gasteiger partial charge on any atom is 0.324 e. The summed E-state index contributed by atoms with van der Waals surface area (Å²) < 4.78 is 9.59. The molecule has 0 aromatic rings. The van der Waals surface area contributed by atoms with Crippen molar-refractivity contribution in [3.05, 3.63) is 24.3 Å². The fraction of sp³-hybridized carbons (Fsp3) is 0.467. The van der Waals surface area contributed by atoms with E-state index >= 15 is 0 Å². The van der Waals surface area contributed by atoms with Crippen LogP contribution in [-0.4, -0.2) is 26.2 Å². The number of hydrogen-bond donors (Lipinski definition) is 0. The Kier molecular flexibility index (Phi) is 5.37. The summed E-state index contributed by atoms with van der Waals surface area (Å²) in [5, 5.41) is 0. The number of hydrogen-bond acceptors (Lipinski definition) is 4. The monoisotopic (exact) mass is 262 g/mol. The number of carbonyl (C=O) groups is 2. The van der Waals surface area contributed by atoms with E-state index in [1.54, 1.807) is 0 Å². The van der Waals surface area contributed by atoms with Crippen molar-refractivity contribution in [2.24, 2.45) is 11.3 Å². The second-order valence-electron chi connectivity index (χ2n) is 4.33. The number of methoxy groups -OCH3 is 2. The normalized spacial score (nSPS) is 18.3. The number of allylic oxidation sites excluding steroid dienone is 4. The quantitative estimate of drug-likeness (QED) is 0.441. The third-order valence-electron chi connectivity index (χ3n) is 3.35. The van der Waals surface area contributed by atoms with Crippen molar-refractivity contribution in [3.8, 4) is 12.3 Å². The van der Waals surface area contributed by atoms with Gasteiger partial charge in [0, 0.05) is 12.3 Å². The summed E-state index contributed by atoms with van der Waals surface area (Å²) in [6, 6.07) is 0. The molecule has 0 amide bonds. The number of carbonyl (C=O) groups excluding carboxylic acids is 2. The molecular formula is C15H18O4. The lowest BCUT2D eigenvalue weighted by Crippen LogP contribution is -2.46. The number of ether oxygens (including phenoxy) is 2. The fourth-order valence-electron chi connectivity index (χ4n) is 2.34. The molecule has 0 spiro atoms. The molecule has 1 unspecified atom stereocenters. The summed E-state index contributed by atoms with van der Waals surface area (Å²) in [7, 11) is 2.49. The molecule has 0 fully saturated rings. The van der Waals surface area contributed by atoms with E-state index in [4.69, 9.17) is 15.9 Å². The first-order chi connectivity index (χ1) is 9.13. The van der Waals surface area contributed by atoms with Crippen LogP contribution in [0.5, 0.6) is 0 Å². The van der Waals surface area contributed by atoms with Gasteiger partial charge in [0.05, 0.1) is 14.2 Å². The first-order valence-electron chi connectivity index (χ1n) is 6.07. The topological polar surface area (TPSA) is 52.6 Å². The average Bonchev–Trinajstić information content (AvgIpc) is 2.72. The molecule has 0 N–H and O–H groups in total. The lowest BCUT2D eigenvalue weighted by atomic mass is 9.71. The highest BCUT2D eigenvalue weighted by molar-refractivity contribution is 6.01. The van der Waals surface area contributed by atoms with E-state index in [1.165, 1.54) is 14.2 Å². The third-order valence-corrected chi connectivity index (χ3v) is 3.35. The Morgan fingerprint density at radius 3 is 2.47 bits per heavy atom. The van der Waals surface area contributed by atoms with Gasteiger partial charge in [-0.15, -0.1) is 12.3 Å². The molecule has 0 aromatic carbocycles. The Morgan fingerprint density at radius 2 is 1.95 bits per heavy atom. The molecule has 4 nitrogen and oxygen atoms in total. The van der Waals surface area contributed by atoms with Gasteiger partial charge in [-0.25, -0.2) is 0 Å². The maximum atomic E-state index is 12.2. The summed E-state index contributed by atoms with van der Waals surface area (Å²) >= 11 is 0. The number of esters is 2. The highest BCUT2D eigenvalue weighted by Gasteiger charge is 2.52. The van der Waals surface area contributed by atoms with Gasteiger partial charge in [-0.1, -0.05) is 24.3 Å². The predicted molar refractivity (Wildman–Crippen MR) is 70.9 cm³/mol. The molecule has 0 radical (unpaired) electrons. The van der Waals surface area contributed by atoms with Crippen LogP contribution in [0, 0.1) is 23.7 Å². The Balaban J connectivity index is 3.25. The highest BCUT2D eigenvalue weighted by atomic mass is 16.5. The summed E-state index contributed by atoms with van der Waals surface area (Å²) in [5.74, 6) is 0.777. The van der Waals surface area contributed by atoms with Gasteiger partial charge in [0.2, 0.25) is 0 Å². The van der Waals surface area contributed by atoms with Crippen LogP contribution in [0.25, 0.3) is 0 Å². The van der Waals surface area contributed by atoms with Crippen LogP contribution in [0.1, 0.15) is 19.3 Å². The van der Waals surface area contributed by atoms with Gasteiger partial charge in [0.1, 0.15) is 0 Å². The van der Waals surface area contributed by atoms with Crippen molar-refractivity contribution in [3.63, 3.8) is 0 Å². The molecule has 0 saturated heterocycles. The second kappa shape index (κ2) is 6.79. The fourth-order valence-corrected chi connectivity index (χ4v) is 2.34. The van der Waals surface area contributed by atoms with E-state index in [9.17, 15) is 9.59 Å². The summed E-state index contributed by atoms with van der Waals surface area (Å²) in [4.78, 5) is 24.3. The predicted octanol–water partition coefficient (Wildman–Crippen LogP) is 1.86. The number of rotatable bonds is 4. The Labute approximate surface area is 113 Å². The van der Waals surface area contributed by atoms with Gasteiger partial charge < -0.3 is 9.47 Å². The minimum atomic E-state index is -1.46. The van der Waals surface area contributed by atoms with Crippen LogP contribution in [0.4, 0.5) is 0 Å². The van der Waals surface area contributed by atoms with Gasteiger partial charge in [0.25, 0.3) is 0 Å². The lowest BCUT2D eigenvalue weighted by Gasteiger charge is -2.32. The zero-order chi connectivity index (χ0) is 14.3. The standard InChI is InChI=1S/C15H18O4/c1-4-11-15(13(16)18-2,14(17)19-3)12-9-7-5-6-8-10-12/h1,5-7,9,12H,8,10-11H2,2-3H3. The minimum Gasteiger partial charge on any atom is -0.468 e. The van der Waals surface area contributed by atoms with Crippen LogP contribution in [-0.2, 0) is 19.1 Å². The van der Waals surface area contributed by atoms with Crippen molar-refractivity contribution in [2.45, 2.75) is 19.3 Å². The number of terminal acetylenes is 1. The molecule has 1 atom stereocenters. The van der Waals surface area contributed by atoms with E-state index in [1.807, 2.05) is 24.3 Å². The highest BCUT2D eigenvalue weighted by Crippen LogP contribution is 2.39. The van der Waals surface area contributed by atoms with E-state index in [2.05, 4.69) is 5.92 Å². The second-order valence-corrected chi connectivity index (χ2v) is 4.33. The van der Waals surface area contributed by atoms with Gasteiger partial charge in [0.15, 0.2) is 5.41 Å². The zero-order valence-electron chi connectivity index (χ0n) is 11.2. The van der Waals surface area contributed by atoms with Crippen molar-refractivity contribution in [2.75, 3.05) is 14.2 Å². The molecule has 1 rings (SSSR count). The van der Waals surface area contributed by atoms with Crippen LogP contribution < -0.4 is 0 Å². The molecule has 0 aromatic heterocycles. The first kappa shape index (κ1) is 15.0. The summed E-state index contributed by atoms with van der Waals surface area (Å²) in [5.41, 5.74) is -1.46. The third kappa shape index (κ3) is 2.87. The smallest absolute Gasteiger partial charge is 0.324 e. The van der Waals surface area contributed by atoms with Crippen LogP contribution in [0.3, 0.4) is 0 Å². The molecule has 102 valence electrons. The largest absolute Gasteiger partial charge is 0.468 e. The van der Waals surface area contributed by atoms with Crippen molar-refractivity contribution in [1.82, 2.24) is 0 Å². The van der Waals surface area contributed by atoms with E-state index in [0.29, 0.717) is 6.42 Å². The van der Waals surface area contributed by atoms with Crippen LogP contribution in [0.15, 0.2) is 24.3 Å². The Hall–Kier alpha value is -2.02. The molecule has 0 saturated carbocycles. The molecule has 4 heteroatoms. The van der Waals surface area contributed by atoms with Gasteiger partial charge in [-0.2, -0.15) is 0 Å². The SMILES string of the molecule is C#CCC(C(=O)OC)(C(=O)OC)C1C=CC=CCC1. The zero-order valence-corrected chi connectivity index (χ0v) is 11.2. The summed E-state index contributed by atoms with van der Waals surface area (Å²) in [6.07, 6.45) is 14.2. The van der Waals surface area contributed by atoms with Gasteiger partial charge in [-0.3, -0.25) is 9.59 Å². The van der Waals surface area contributed by atoms with Crippen molar-refractivity contribution in [1.29, 1.82) is 0 Å². The minimum absolute atomic E-state index is 0.0403. The molecule has 1 aliphatic carbocycles. The van der Waals surface area contributed by atoms with Crippen molar-refractivity contribution >= 4 is 11.9 Å². The average molecular weight is 262 g/mol. The van der Waals surface area contributed by atoms with Crippen molar-refractivity contribution < 1.29 is 19.1 Å². The maximum absolute atomic E-state index is 12.2. The van der Waals surface area contributed by atoms with E-state index in [-0.39, 0.29) is 12.3 Å². The molecule has 1 aliphatic rings. The van der Waals surface area contributed by atoms with Gasteiger partial charge in [-0.05, 0) is 12.8 Å². The lowest BCUT2D eigenvalue weighted by molar-refractivity contribution is -0.172. The Bertz CT molecular complexity index is 424. The Morgan fingerprint density at radius 1 is 1.32 bits per heavy atom. The molecule has 19 heavy (non-hydrogen) atoms. The molecule has 0 aliphatic heterocycles. The van der Waals surface area contributed by atoms with E-state index in [0.717, 1.165) is 6.42 Å². The first-order valence-corrected chi connectivity index (χ1v) is 6.07. The van der Waals surface area contributed by atoms with Gasteiger partial charge >= 0.3 is 11.9 Å². The van der Waals surface area contributed by atoms with E-state index < -0.39 is 17.4 Å². The van der Waals surface area contributed by atoms with Crippen LogP contribution >= 0.6 is 0 Å². The molecule has 0 bridgehead atoms. The molecule has 0 heterocycles. The molecular weight excluding hydrogens is 244 g/mol.